The van der Waals surface area contributed by atoms with Crippen molar-refractivity contribution in [2.24, 2.45) is 5.41 Å². The van der Waals surface area contributed by atoms with Crippen molar-refractivity contribution in [3.63, 3.8) is 0 Å². The van der Waals surface area contributed by atoms with Crippen LogP contribution in [0.25, 0.3) is 11.2 Å². The summed E-state index contributed by atoms with van der Waals surface area (Å²) in [6, 6.07) is 2.43. The lowest BCUT2D eigenvalue weighted by atomic mass is 9.87. The molecule has 0 bridgehead atoms. The molecule has 1 fully saturated rings. The van der Waals surface area contributed by atoms with Crippen LogP contribution >= 0.6 is 0 Å². The summed E-state index contributed by atoms with van der Waals surface area (Å²) in [4.78, 5) is 24.7. The van der Waals surface area contributed by atoms with Crippen molar-refractivity contribution in [1.82, 2.24) is 19.5 Å². The van der Waals surface area contributed by atoms with Crippen LogP contribution in [0, 0.1) is 16.7 Å². The van der Waals surface area contributed by atoms with Gasteiger partial charge in [0.15, 0.2) is 26.4 Å². The average molecular weight is 475 g/mol. The van der Waals surface area contributed by atoms with E-state index in [1.807, 2.05) is 13.8 Å². The molecule has 33 heavy (non-hydrogen) atoms. The molecule has 2 aromatic heterocycles. The summed E-state index contributed by atoms with van der Waals surface area (Å²) in [6.45, 7) is 14.8. The zero-order chi connectivity index (χ0) is 24.3. The van der Waals surface area contributed by atoms with Crippen molar-refractivity contribution in [3.8, 4) is 11.9 Å². The van der Waals surface area contributed by atoms with E-state index in [0.717, 1.165) is 0 Å². The molecule has 3 rings (SSSR count). The van der Waals surface area contributed by atoms with E-state index in [9.17, 15) is 10.1 Å². The molecule has 0 aliphatic carbocycles. The fourth-order valence-corrected chi connectivity index (χ4v) is 7.16. The zero-order valence-corrected chi connectivity index (χ0v) is 21.6. The van der Waals surface area contributed by atoms with Gasteiger partial charge in [-0.05, 0) is 31.4 Å². The molecule has 1 amide bonds. The van der Waals surface area contributed by atoms with Crippen LogP contribution in [0.2, 0.25) is 11.1 Å². The molecule has 3 heterocycles. The van der Waals surface area contributed by atoms with Crippen LogP contribution in [0.3, 0.4) is 0 Å². The van der Waals surface area contributed by atoms with Crippen LogP contribution < -0.4 is 10.1 Å². The van der Waals surface area contributed by atoms with Gasteiger partial charge in [0.1, 0.15) is 5.41 Å². The molecule has 3 atom stereocenters. The van der Waals surface area contributed by atoms with Gasteiger partial charge in [0.2, 0.25) is 17.7 Å². The molecule has 2 aromatic rings. The maximum absolute atomic E-state index is 11.6. The second-order valence-electron chi connectivity index (χ2n) is 9.42. The minimum Gasteiger partial charge on any atom is -0.476 e. The summed E-state index contributed by atoms with van der Waals surface area (Å²) in [5, 5.41) is 12.6. The summed E-state index contributed by atoms with van der Waals surface area (Å²) in [7, 11) is -1.41. The number of aromatic nitrogens is 4. The standard InChI is InChI=1S/C22H34N6O4Si/c1-8-30-19-17-18(26-21(27-19)25-15(6)29)28(12-24-17)20-22(7,11-23)9-16(32-20)10-31-33(13(2)3)14(4)5/h12-14,16,20,33H,8-10H2,1-7H3,(H,25,26,27,29)/t16-,20+,22-/m0/s1. The van der Waals surface area contributed by atoms with E-state index in [4.69, 9.17) is 13.9 Å². The topological polar surface area (TPSA) is 124 Å². The molecule has 0 unspecified atom stereocenters. The molecule has 1 N–H and O–H groups in total. The van der Waals surface area contributed by atoms with Crippen LogP contribution in [-0.4, -0.2) is 53.8 Å². The molecular formula is C22H34N6O4Si. The number of nitrogens with zero attached hydrogens (tertiary/aromatic N) is 5. The van der Waals surface area contributed by atoms with Gasteiger partial charge in [-0.1, -0.05) is 27.7 Å². The number of carbonyl (C=O) groups excluding carboxylic acids is 1. The van der Waals surface area contributed by atoms with Gasteiger partial charge in [0, 0.05) is 6.92 Å². The molecule has 0 saturated carbocycles. The molecule has 0 radical (unpaired) electrons. The molecular weight excluding hydrogens is 440 g/mol. The minimum absolute atomic E-state index is 0.111. The van der Waals surface area contributed by atoms with E-state index in [-0.39, 0.29) is 23.8 Å². The molecule has 1 aliphatic rings. The number of hydrogen-bond acceptors (Lipinski definition) is 8. The Morgan fingerprint density at radius 2 is 2.09 bits per heavy atom. The fraction of sp³-hybridized carbons (Fsp3) is 0.682. The largest absolute Gasteiger partial charge is 0.476 e. The van der Waals surface area contributed by atoms with Crippen LogP contribution in [0.4, 0.5) is 5.95 Å². The summed E-state index contributed by atoms with van der Waals surface area (Å²) >= 11 is 0. The van der Waals surface area contributed by atoms with Gasteiger partial charge in [0.05, 0.1) is 31.7 Å². The number of carbonyl (C=O) groups is 1. The van der Waals surface area contributed by atoms with Crippen LogP contribution in [0.15, 0.2) is 6.33 Å². The predicted molar refractivity (Wildman–Crippen MR) is 126 cm³/mol. The van der Waals surface area contributed by atoms with Gasteiger partial charge in [-0.3, -0.25) is 14.7 Å². The Morgan fingerprint density at radius 3 is 2.67 bits per heavy atom. The molecule has 1 saturated heterocycles. The van der Waals surface area contributed by atoms with Crippen molar-refractivity contribution in [2.45, 2.75) is 78.3 Å². The van der Waals surface area contributed by atoms with Crippen molar-refractivity contribution < 1.29 is 18.7 Å². The number of imidazole rings is 1. The summed E-state index contributed by atoms with van der Waals surface area (Å²) < 4.78 is 20.1. The monoisotopic (exact) mass is 474 g/mol. The van der Waals surface area contributed by atoms with Crippen molar-refractivity contribution in [3.05, 3.63) is 6.33 Å². The number of ether oxygens (including phenoxy) is 2. The lowest BCUT2D eigenvalue weighted by Crippen LogP contribution is -2.30. The smallest absolute Gasteiger partial charge is 0.247 e. The summed E-state index contributed by atoms with van der Waals surface area (Å²) in [5.74, 6) is 0.0804. The van der Waals surface area contributed by atoms with Crippen molar-refractivity contribution >= 4 is 32.1 Å². The first-order chi connectivity index (χ1) is 15.6. The SMILES string of the molecule is CCOc1nc(NC(C)=O)nc2c1ncn2[C@@H]1O[C@H](CO[SiH](C(C)C)C(C)C)C[C@@]1(C)C#N. The number of amides is 1. The van der Waals surface area contributed by atoms with E-state index in [1.54, 1.807) is 10.9 Å². The van der Waals surface area contributed by atoms with E-state index in [0.29, 0.717) is 41.9 Å². The highest BCUT2D eigenvalue weighted by Crippen LogP contribution is 2.46. The molecule has 0 aromatic carbocycles. The van der Waals surface area contributed by atoms with E-state index in [2.05, 4.69) is 54.0 Å². The second kappa shape index (κ2) is 10.2. The Morgan fingerprint density at radius 1 is 1.39 bits per heavy atom. The Balaban J connectivity index is 1.93. The van der Waals surface area contributed by atoms with Crippen LogP contribution in [0.1, 0.15) is 61.1 Å². The molecule has 11 heteroatoms. The van der Waals surface area contributed by atoms with Gasteiger partial charge in [-0.25, -0.2) is 4.98 Å². The first-order valence-electron chi connectivity index (χ1n) is 11.4. The maximum Gasteiger partial charge on any atom is 0.247 e. The average Bonchev–Trinajstić information content (AvgIpc) is 3.28. The maximum atomic E-state index is 11.6. The van der Waals surface area contributed by atoms with E-state index in [1.165, 1.54) is 6.92 Å². The van der Waals surface area contributed by atoms with Crippen molar-refractivity contribution in [2.75, 3.05) is 18.5 Å². The number of anilines is 1. The molecule has 10 nitrogen and oxygen atoms in total. The Hall–Kier alpha value is -2.55. The first kappa shape index (κ1) is 25.1. The third-order valence-electron chi connectivity index (χ3n) is 5.77. The molecule has 1 aliphatic heterocycles. The third-order valence-corrected chi connectivity index (χ3v) is 8.98. The van der Waals surface area contributed by atoms with E-state index >= 15 is 0 Å². The third kappa shape index (κ3) is 5.34. The molecule has 180 valence electrons. The lowest BCUT2D eigenvalue weighted by molar-refractivity contribution is -0.114. The van der Waals surface area contributed by atoms with Gasteiger partial charge in [0.25, 0.3) is 0 Å². The fourth-order valence-electron chi connectivity index (χ4n) is 4.41. The van der Waals surface area contributed by atoms with Crippen molar-refractivity contribution in [1.29, 1.82) is 5.26 Å². The van der Waals surface area contributed by atoms with E-state index < -0.39 is 20.7 Å². The quantitative estimate of drug-likeness (QED) is 0.547. The van der Waals surface area contributed by atoms with Gasteiger partial charge < -0.3 is 13.9 Å². The van der Waals surface area contributed by atoms with Gasteiger partial charge >= 0.3 is 0 Å². The highest BCUT2D eigenvalue weighted by Gasteiger charge is 2.48. The normalized spacial score (nSPS) is 22.9. The Kier molecular flexibility index (Phi) is 7.72. The van der Waals surface area contributed by atoms with Crippen LogP contribution in [-0.2, 0) is 14.0 Å². The van der Waals surface area contributed by atoms with Gasteiger partial charge in [-0.2, -0.15) is 15.2 Å². The zero-order valence-electron chi connectivity index (χ0n) is 20.5. The lowest BCUT2D eigenvalue weighted by Gasteiger charge is -2.25. The summed E-state index contributed by atoms with van der Waals surface area (Å²) in [6.07, 6.45) is 1.29. The predicted octanol–water partition coefficient (Wildman–Crippen LogP) is 3.56. The highest BCUT2D eigenvalue weighted by atomic mass is 28.3. The second-order valence-corrected chi connectivity index (χ2v) is 13.3. The number of nitrogens with one attached hydrogen (secondary N) is 1. The Labute approximate surface area is 196 Å². The Bertz CT molecular complexity index is 1030. The minimum atomic E-state index is -1.41. The number of nitriles is 1. The first-order valence-corrected chi connectivity index (χ1v) is 13.2. The molecule has 0 spiro atoms. The number of rotatable bonds is 9. The van der Waals surface area contributed by atoms with Crippen LogP contribution in [0.5, 0.6) is 5.88 Å². The number of hydrogen-bond donors (Lipinski definition) is 1. The summed E-state index contributed by atoms with van der Waals surface area (Å²) in [5.41, 5.74) is 1.11. The van der Waals surface area contributed by atoms with Gasteiger partial charge in [-0.15, -0.1) is 0 Å². The highest BCUT2D eigenvalue weighted by molar-refractivity contribution is 6.54. The number of fused-ring (bicyclic) bond motifs is 1.